The maximum atomic E-state index is 13.3. The highest BCUT2D eigenvalue weighted by Gasteiger charge is 2.62. The van der Waals surface area contributed by atoms with E-state index < -0.39 is 44.0 Å². The molecule has 3 saturated carbocycles. The summed E-state index contributed by atoms with van der Waals surface area (Å²) in [6, 6.07) is 0. The largest absolute Gasteiger partial charge is 0.393 e. The number of allylic oxidation sites excluding steroid dienone is 2. The summed E-state index contributed by atoms with van der Waals surface area (Å²) in [6.07, 6.45) is 7.53. The van der Waals surface area contributed by atoms with Crippen LogP contribution in [0, 0.1) is 23.2 Å². The molecule has 1 aliphatic heterocycles. The van der Waals surface area contributed by atoms with Gasteiger partial charge in [-0.25, -0.2) is 8.42 Å². The summed E-state index contributed by atoms with van der Waals surface area (Å²) in [4.78, 5) is 41.2. The normalized spacial score (nSPS) is 38.3. The molecule has 0 bridgehead atoms. The number of ketones is 1. The zero-order valence-electron chi connectivity index (χ0n) is 18.9. The van der Waals surface area contributed by atoms with Crippen molar-refractivity contribution in [2.45, 2.75) is 75.6 Å². The Balaban J connectivity index is 1.59. The van der Waals surface area contributed by atoms with Crippen molar-refractivity contribution in [1.82, 2.24) is 9.62 Å². The molecule has 1 heterocycles. The average Bonchev–Trinajstić information content (AvgIpc) is 3.60. The highest BCUT2D eigenvalue weighted by molar-refractivity contribution is 7.91. The van der Waals surface area contributed by atoms with Gasteiger partial charge >= 0.3 is 0 Å². The molecule has 0 unspecified atom stereocenters. The second-order valence-electron chi connectivity index (χ2n) is 10.5. The molecule has 0 radical (unpaired) electrons. The average molecular weight is 467 g/mol. The van der Waals surface area contributed by atoms with Crippen LogP contribution in [0.2, 0.25) is 0 Å². The van der Waals surface area contributed by atoms with Crippen LogP contribution >= 0.6 is 0 Å². The first-order valence-corrected chi connectivity index (χ1v) is 13.2. The topological polar surface area (TPSA) is 121 Å². The fourth-order valence-electron chi connectivity index (χ4n) is 5.27. The van der Waals surface area contributed by atoms with Crippen molar-refractivity contribution in [3.05, 3.63) is 12.2 Å². The second kappa shape index (κ2) is 8.24. The van der Waals surface area contributed by atoms with E-state index in [0.717, 1.165) is 19.3 Å². The Morgan fingerprint density at radius 2 is 1.88 bits per heavy atom. The van der Waals surface area contributed by atoms with Crippen LogP contribution in [-0.4, -0.2) is 60.5 Å². The summed E-state index contributed by atoms with van der Waals surface area (Å²) in [5.41, 5.74) is -1.09. The summed E-state index contributed by atoms with van der Waals surface area (Å²) >= 11 is 0. The van der Waals surface area contributed by atoms with Gasteiger partial charge in [-0.3, -0.25) is 19.1 Å². The van der Waals surface area contributed by atoms with Gasteiger partial charge in [0.15, 0.2) is 0 Å². The highest BCUT2D eigenvalue weighted by Crippen LogP contribution is 2.58. The molecule has 8 nitrogen and oxygen atoms in total. The third-order valence-electron chi connectivity index (χ3n) is 8.03. The van der Waals surface area contributed by atoms with E-state index in [0.29, 0.717) is 25.8 Å². The zero-order valence-corrected chi connectivity index (χ0v) is 19.7. The number of nitrogens with zero attached hydrogens (tertiary/aromatic N) is 1. The maximum Gasteiger partial charge on any atom is 0.240 e. The van der Waals surface area contributed by atoms with Crippen LogP contribution in [0.15, 0.2) is 12.2 Å². The van der Waals surface area contributed by atoms with Crippen molar-refractivity contribution in [3.8, 4) is 0 Å². The Hall–Kier alpha value is -1.74. The molecule has 2 N–H and O–H groups in total. The Morgan fingerprint density at radius 1 is 1.19 bits per heavy atom. The molecule has 4 rings (SSSR count). The number of sulfonamides is 1. The maximum absolute atomic E-state index is 13.3. The minimum absolute atomic E-state index is 0.106. The predicted molar refractivity (Wildman–Crippen MR) is 118 cm³/mol. The molecule has 0 aromatic rings. The van der Waals surface area contributed by atoms with Crippen LogP contribution in [0.1, 0.15) is 64.7 Å². The Kier molecular flexibility index (Phi) is 6.03. The molecule has 4 aliphatic rings. The number of aliphatic hydroxyl groups excluding tert-OH is 1. The summed E-state index contributed by atoms with van der Waals surface area (Å²) in [6.45, 7) is 2.22. The van der Waals surface area contributed by atoms with Crippen molar-refractivity contribution >= 4 is 27.6 Å². The minimum atomic E-state index is -3.80. The predicted octanol–water partition coefficient (Wildman–Crippen LogP) is 1.54. The fraction of sp³-hybridized carbons (Fsp3) is 0.783. The third-order valence-corrected chi connectivity index (χ3v) is 10.2. The van der Waals surface area contributed by atoms with Gasteiger partial charge in [-0.15, -0.1) is 0 Å². The van der Waals surface area contributed by atoms with Gasteiger partial charge < -0.3 is 10.0 Å². The fourth-order valence-corrected chi connectivity index (χ4v) is 6.60. The molecule has 0 saturated heterocycles. The SMILES string of the molecule is CN1CCCC/C=C\[C@@H]2C[C@@]2(C(=O)NS(=O)(=O)C2(C)CC2)CC(=O)[C@@H]2C[C@@H](O)C[C@H]2C1=O. The molecule has 0 aromatic carbocycles. The van der Waals surface area contributed by atoms with Crippen molar-refractivity contribution in [2.75, 3.05) is 13.6 Å². The van der Waals surface area contributed by atoms with Crippen LogP contribution in [-0.2, 0) is 24.4 Å². The molecular weight excluding hydrogens is 432 g/mol. The number of rotatable bonds is 3. The minimum Gasteiger partial charge on any atom is -0.393 e. The molecule has 0 spiro atoms. The van der Waals surface area contributed by atoms with E-state index in [1.54, 1.807) is 18.9 Å². The quantitative estimate of drug-likeness (QED) is 0.609. The highest BCUT2D eigenvalue weighted by atomic mass is 32.2. The zero-order chi connectivity index (χ0) is 23.3. The van der Waals surface area contributed by atoms with Crippen molar-refractivity contribution < 1.29 is 27.9 Å². The number of carbonyl (C=O) groups excluding carboxylic acids is 3. The summed E-state index contributed by atoms with van der Waals surface area (Å²) in [5.74, 6) is -2.41. The Morgan fingerprint density at radius 3 is 2.56 bits per heavy atom. The first kappa shape index (κ1) is 23.4. The number of hydrogen-bond acceptors (Lipinski definition) is 6. The lowest BCUT2D eigenvalue weighted by Crippen LogP contribution is -2.44. The summed E-state index contributed by atoms with van der Waals surface area (Å²) in [7, 11) is -2.08. The first-order chi connectivity index (χ1) is 15.0. The number of nitrogens with one attached hydrogen (secondary N) is 1. The smallest absolute Gasteiger partial charge is 0.240 e. The van der Waals surface area contributed by atoms with E-state index in [9.17, 15) is 27.9 Å². The van der Waals surface area contributed by atoms with Gasteiger partial charge in [0.25, 0.3) is 0 Å². The number of amides is 2. The number of fused-ring (bicyclic) bond motifs is 2. The van der Waals surface area contributed by atoms with Gasteiger partial charge in [-0.1, -0.05) is 12.2 Å². The van der Waals surface area contributed by atoms with Gasteiger partial charge in [0.1, 0.15) is 5.78 Å². The number of hydrogen-bond donors (Lipinski definition) is 2. The second-order valence-corrected chi connectivity index (χ2v) is 12.7. The number of aliphatic hydroxyl groups is 1. The molecule has 3 aliphatic carbocycles. The van der Waals surface area contributed by atoms with Gasteiger partial charge in [0.05, 0.1) is 22.2 Å². The standard InChI is InChI=1S/C23H34N2O6S/c1-22(8-9-22)32(30,31)24-21(29)23-13-15(23)7-5-3-4-6-10-25(2)20(28)18-12-16(26)11-17(18)19(27)14-23/h5,7,15-18,26H,3-4,6,8-14H2,1-2H3,(H,24,29)/b7-5-/t15-,16-,17-,18-,23-/m1/s1. The molecule has 32 heavy (non-hydrogen) atoms. The van der Waals surface area contributed by atoms with E-state index in [1.807, 2.05) is 12.2 Å². The summed E-state index contributed by atoms with van der Waals surface area (Å²) in [5, 5.41) is 10.2. The first-order valence-electron chi connectivity index (χ1n) is 11.7. The Bertz CT molecular complexity index is 940. The summed E-state index contributed by atoms with van der Waals surface area (Å²) < 4.78 is 26.7. The number of carbonyl (C=O) groups is 3. The van der Waals surface area contributed by atoms with Gasteiger partial charge in [-0.05, 0) is 64.2 Å². The van der Waals surface area contributed by atoms with Crippen LogP contribution < -0.4 is 4.72 Å². The van der Waals surface area contributed by atoms with Crippen LogP contribution in [0.5, 0.6) is 0 Å². The molecule has 9 heteroatoms. The van der Waals surface area contributed by atoms with Gasteiger partial charge in [0.2, 0.25) is 21.8 Å². The Labute approximate surface area is 189 Å². The molecule has 178 valence electrons. The molecule has 0 aromatic heterocycles. The van der Waals surface area contributed by atoms with Crippen LogP contribution in [0.3, 0.4) is 0 Å². The van der Waals surface area contributed by atoms with E-state index >= 15 is 0 Å². The molecule has 5 atom stereocenters. The van der Waals surface area contributed by atoms with Gasteiger partial charge in [0, 0.05) is 25.9 Å². The van der Waals surface area contributed by atoms with Crippen LogP contribution in [0.25, 0.3) is 0 Å². The van der Waals surface area contributed by atoms with E-state index in [-0.39, 0.29) is 36.9 Å². The lowest BCUT2D eigenvalue weighted by atomic mass is 9.84. The molecule has 2 amide bonds. The monoisotopic (exact) mass is 466 g/mol. The van der Waals surface area contributed by atoms with Crippen molar-refractivity contribution in [1.29, 1.82) is 0 Å². The van der Waals surface area contributed by atoms with E-state index in [4.69, 9.17) is 0 Å². The molecule has 3 fully saturated rings. The van der Waals surface area contributed by atoms with Crippen molar-refractivity contribution in [3.63, 3.8) is 0 Å². The lowest BCUT2D eigenvalue weighted by molar-refractivity contribution is -0.140. The molecular formula is C23H34N2O6S. The third kappa shape index (κ3) is 4.25. The van der Waals surface area contributed by atoms with Gasteiger partial charge in [-0.2, -0.15) is 0 Å². The van der Waals surface area contributed by atoms with Crippen LogP contribution in [0.4, 0.5) is 0 Å². The lowest BCUT2D eigenvalue weighted by Gasteiger charge is -2.26. The van der Waals surface area contributed by atoms with Crippen molar-refractivity contribution in [2.24, 2.45) is 23.2 Å². The van der Waals surface area contributed by atoms with E-state index in [1.165, 1.54) is 0 Å². The van der Waals surface area contributed by atoms with E-state index in [2.05, 4.69) is 4.72 Å². The number of Topliss-reactive ketones (excluding diaryl/α,β-unsaturated/α-hetero) is 1.